The SMILES string of the molecule is CCCn1ncc(OC)c1C1(O)CCCN(C)C1. The van der Waals surface area contributed by atoms with Gasteiger partial charge in [-0.25, -0.2) is 0 Å². The summed E-state index contributed by atoms with van der Waals surface area (Å²) in [7, 11) is 3.67. The fourth-order valence-corrected chi connectivity index (χ4v) is 2.81. The molecular weight excluding hydrogens is 230 g/mol. The Balaban J connectivity index is 2.37. The normalized spacial score (nSPS) is 25.3. The highest BCUT2D eigenvalue weighted by atomic mass is 16.5. The van der Waals surface area contributed by atoms with Crippen LogP contribution in [-0.2, 0) is 12.1 Å². The van der Waals surface area contributed by atoms with Gasteiger partial charge in [0.1, 0.15) is 11.3 Å². The van der Waals surface area contributed by atoms with Crippen LogP contribution < -0.4 is 4.74 Å². The lowest BCUT2D eigenvalue weighted by atomic mass is 9.89. The van der Waals surface area contributed by atoms with Crippen LogP contribution in [0.3, 0.4) is 0 Å². The zero-order valence-electron chi connectivity index (χ0n) is 11.5. The molecule has 1 atom stereocenters. The van der Waals surface area contributed by atoms with Gasteiger partial charge in [-0.1, -0.05) is 6.92 Å². The van der Waals surface area contributed by atoms with Gasteiger partial charge in [0.05, 0.1) is 13.3 Å². The maximum atomic E-state index is 10.9. The second kappa shape index (κ2) is 5.28. The average Bonchev–Trinajstić information content (AvgIpc) is 2.73. The van der Waals surface area contributed by atoms with Crippen molar-refractivity contribution in [2.75, 3.05) is 27.2 Å². The molecule has 1 aromatic rings. The van der Waals surface area contributed by atoms with E-state index in [-0.39, 0.29) is 0 Å². The number of likely N-dealkylation sites (tertiary alicyclic amines) is 1. The monoisotopic (exact) mass is 253 g/mol. The number of likely N-dealkylation sites (N-methyl/N-ethyl adjacent to an activating group) is 1. The van der Waals surface area contributed by atoms with Gasteiger partial charge in [0, 0.05) is 13.1 Å². The van der Waals surface area contributed by atoms with Gasteiger partial charge in [0.25, 0.3) is 0 Å². The van der Waals surface area contributed by atoms with E-state index >= 15 is 0 Å². The number of piperidine rings is 1. The predicted octanol–water partition coefficient (Wildman–Crippen LogP) is 1.21. The minimum atomic E-state index is -0.843. The molecule has 0 amide bonds. The van der Waals surface area contributed by atoms with E-state index in [1.807, 2.05) is 11.7 Å². The maximum absolute atomic E-state index is 10.9. The molecule has 1 aromatic heterocycles. The predicted molar refractivity (Wildman–Crippen MR) is 69.7 cm³/mol. The van der Waals surface area contributed by atoms with Crippen LogP contribution in [0.25, 0.3) is 0 Å². The highest BCUT2D eigenvalue weighted by molar-refractivity contribution is 5.31. The van der Waals surface area contributed by atoms with Gasteiger partial charge in [-0.15, -0.1) is 0 Å². The zero-order valence-corrected chi connectivity index (χ0v) is 11.5. The van der Waals surface area contributed by atoms with Crippen molar-refractivity contribution in [3.05, 3.63) is 11.9 Å². The van der Waals surface area contributed by atoms with Gasteiger partial charge in [-0.3, -0.25) is 4.68 Å². The molecule has 5 nitrogen and oxygen atoms in total. The fraction of sp³-hybridized carbons (Fsp3) is 0.769. The van der Waals surface area contributed by atoms with Crippen molar-refractivity contribution in [3.63, 3.8) is 0 Å². The minimum absolute atomic E-state index is 0.638. The quantitative estimate of drug-likeness (QED) is 0.876. The van der Waals surface area contributed by atoms with Crippen LogP contribution >= 0.6 is 0 Å². The first kappa shape index (κ1) is 13.4. The molecule has 2 heterocycles. The van der Waals surface area contributed by atoms with E-state index in [1.165, 1.54) is 0 Å². The molecule has 2 rings (SSSR count). The lowest BCUT2D eigenvalue weighted by Crippen LogP contribution is -2.45. The van der Waals surface area contributed by atoms with Gasteiger partial charge < -0.3 is 14.7 Å². The van der Waals surface area contributed by atoms with E-state index in [1.54, 1.807) is 13.3 Å². The Labute approximate surface area is 108 Å². The van der Waals surface area contributed by atoms with Crippen LogP contribution in [0.4, 0.5) is 0 Å². The summed E-state index contributed by atoms with van der Waals surface area (Å²) >= 11 is 0. The Morgan fingerprint density at radius 3 is 2.94 bits per heavy atom. The van der Waals surface area contributed by atoms with E-state index in [0.717, 1.165) is 38.0 Å². The largest absolute Gasteiger partial charge is 0.493 e. The van der Waals surface area contributed by atoms with Crippen LogP contribution in [0.2, 0.25) is 0 Å². The average molecular weight is 253 g/mol. The number of ether oxygens (including phenoxy) is 1. The van der Waals surface area contributed by atoms with Gasteiger partial charge in [-0.05, 0) is 32.9 Å². The molecule has 1 aliphatic heterocycles. The molecule has 1 aliphatic rings. The van der Waals surface area contributed by atoms with Gasteiger partial charge in [0.2, 0.25) is 0 Å². The van der Waals surface area contributed by atoms with Crippen molar-refractivity contribution in [2.24, 2.45) is 0 Å². The van der Waals surface area contributed by atoms with Crippen molar-refractivity contribution in [3.8, 4) is 5.75 Å². The second-order valence-electron chi connectivity index (χ2n) is 5.16. The number of rotatable bonds is 4. The van der Waals surface area contributed by atoms with Gasteiger partial charge in [0.15, 0.2) is 5.75 Å². The van der Waals surface area contributed by atoms with E-state index in [9.17, 15) is 5.11 Å². The van der Waals surface area contributed by atoms with Crippen molar-refractivity contribution < 1.29 is 9.84 Å². The highest BCUT2D eigenvalue weighted by Gasteiger charge is 2.39. The molecule has 102 valence electrons. The summed E-state index contributed by atoms with van der Waals surface area (Å²) in [5, 5.41) is 15.3. The lowest BCUT2D eigenvalue weighted by Gasteiger charge is -2.37. The van der Waals surface area contributed by atoms with E-state index in [0.29, 0.717) is 12.3 Å². The van der Waals surface area contributed by atoms with Gasteiger partial charge >= 0.3 is 0 Å². The summed E-state index contributed by atoms with van der Waals surface area (Å²) in [6.45, 7) is 4.59. The first-order chi connectivity index (χ1) is 8.60. The third kappa shape index (κ3) is 2.37. The molecule has 0 bridgehead atoms. The number of β-amino-alcohol motifs (C(OH)–C–C–N with tert-alkyl or cyclic N) is 1. The summed E-state index contributed by atoms with van der Waals surface area (Å²) in [6, 6.07) is 0. The topological polar surface area (TPSA) is 50.5 Å². The molecule has 1 fully saturated rings. The van der Waals surface area contributed by atoms with Crippen LogP contribution in [0, 0.1) is 0 Å². The number of aliphatic hydroxyl groups is 1. The molecule has 0 saturated carbocycles. The molecule has 18 heavy (non-hydrogen) atoms. The minimum Gasteiger partial charge on any atom is -0.493 e. The second-order valence-corrected chi connectivity index (χ2v) is 5.16. The van der Waals surface area contributed by atoms with E-state index < -0.39 is 5.60 Å². The Hall–Kier alpha value is -1.07. The summed E-state index contributed by atoms with van der Waals surface area (Å²) in [4.78, 5) is 2.16. The third-order valence-corrected chi connectivity index (χ3v) is 3.56. The van der Waals surface area contributed by atoms with Crippen molar-refractivity contribution >= 4 is 0 Å². The Bertz CT molecular complexity index is 405. The Morgan fingerprint density at radius 2 is 2.33 bits per heavy atom. The van der Waals surface area contributed by atoms with Crippen LogP contribution in [0.5, 0.6) is 5.75 Å². The highest BCUT2D eigenvalue weighted by Crippen LogP contribution is 2.36. The summed E-state index contributed by atoms with van der Waals surface area (Å²) in [5.41, 5.74) is -0.0114. The smallest absolute Gasteiger partial charge is 0.162 e. The molecule has 0 aromatic carbocycles. The summed E-state index contributed by atoms with van der Waals surface area (Å²) in [5.74, 6) is 0.696. The van der Waals surface area contributed by atoms with E-state index in [2.05, 4.69) is 16.9 Å². The fourth-order valence-electron chi connectivity index (χ4n) is 2.81. The van der Waals surface area contributed by atoms with Crippen LogP contribution in [0.15, 0.2) is 6.20 Å². The molecule has 0 aliphatic carbocycles. The number of hydrogen-bond donors (Lipinski definition) is 1. The van der Waals surface area contributed by atoms with Crippen LogP contribution in [-0.4, -0.2) is 47.0 Å². The molecular formula is C13H23N3O2. The summed E-state index contributed by atoms with van der Waals surface area (Å²) < 4.78 is 7.25. The molecule has 0 spiro atoms. The molecule has 5 heteroatoms. The number of nitrogens with zero attached hydrogens (tertiary/aromatic N) is 3. The maximum Gasteiger partial charge on any atom is 0.162 e. The molecule has 0 radical (unpaired) electrons. The van der Waals surface area contributed by atoms with Gasteiger partial charge in [-0.2, -0.15) is 5.10 Å². The first-order valence-electron chi connectivity index (χ1n) is 6.62. The number of aromatic nitrogens is 2. The third-order valence-electron chi connectivity index (χ3n) is 3.56. The summed E-state index contributed by atoms with van der Waals surface area (Å²) in [6.07, 6.45) is 4.46. The molecule has 1 unspecified atom stereocenters. The van der Waals surface area contributed by atoms with Crippen molar-refractivity contribution in [2.45, 2.75) is 38.3 Å². The van der Waals surface area contributed by atoms with Crippen molar-refractivity contribution in [1.29, 1.82) is 0 Å². The Kier molecular flexibility index (Phi) is 3.92. The van der Waals surface area contributed by atoms with E-state index in [4.69, 9.17) is 4.74 Å². The molecule has 1 saturated heterocycles. The molecule has 1 N–H and O–H groups in total. The first-order valence-corrected chi connectivity index (χ1v) is 6.62. The lowest BCUT2D eigenvalue weighted by molar-refractivity contribution is -0.0362. The Morgan fingerprint density at radius 1 is 1.56 bits per heavy atom. The number of aryl methyl sites for hydroxylation is 1. The zero-order chi connectivity index (χ0) is 13.2. The number of hydrogen-bond acceptors (Lipinski definition) is 4. The van der Waals surface area contributed by atoms with Crippen LogP contribution in [0.1, 0.15) is 31.9 Å². The standard InChI is InChI=1S/C13H23N3O2/c1-4-7-16-12(11(18-3)9-14-16)13(17)6-5-8-15(2)10-13/h9,17H,4-8,10H2,1-3H3. The number of methoxy groups -OCH3 is 1. The van der Waals surface area contributed by atoms with Crippen molar-refractivity contribution in [1.82, 2.24) is 14.7 Å².